The number of rotatable bonds is 8. The summed E-state index contributed by atoms with van der Waals surface area (Å²) in [5.74, 6) is -1.21. The number of halogens is 7. The zero-order valence-corrected chi connectivity index (χ0v) is 18.3. The summed E-state index contributed by atoms with van der Waals surface area (Å²) < 4.78 is 99.6. The number of nitrogens with zero attached hydrogens (tertiary/aromatic N) is 1. The molecule has 0 aliphatic carbocycles. The Morgan fingerprint density at radius 2 is 1.57 bits per heavy atom. The van der Waals surface area contributed by atoms with E-state index in [-0.39, 0.29) is 23.6 Å². The molecule has 3 aromatic rings. The Hall–Kier alpha value is -3.18. The second-order valence-corrected chi connectivity index (χ2v) is 7.80. The number of aliphatic hydroxyl groups excluding tert-OH is 1. The van der Waals surface area contributed by atoms with E-state index >= 15 is 0 Å². The summed E-state index contributed by atoms with van der Waals surface area (Å²) in [6.45, 7) is -1.10. The van der Waals surface area contributed by atoms with Gasteiger partial charge in [0.05, 0.1) is 23.9 Å². The standard InChI is InChI=1S/C24H21F7N2O2/c1-35-21-9-5-8-19(33-21)22(13-15-6-3-2-4-7-15,32-14-20(34)24(29,30)31)16-10-17(23(26,27)28)12-18(25)11-16/h2-12,20,32,34H,13-14H2,1H3/t20?,22-/m1/s1. The minimum Gasteiger partial charge on any atom is -0.481 e. The predicted molar refractivity (Wildman–Crippen MR) is 113 cm³/mol. The van der Waals surface area contributed by atoms with Crippen LogP contribution in [-0.2, 0) is 18.1 Å². The summed E-state index contributed by atoms with van der Waals surface area (Å²) in [5.41, 5.74) is -3.10. The highest BCUT2D eigenvalue weighted by Crippen LogP contribution is 2.38. The maximum Gasteiger partial charge on any atom is 0.416 e. The third-order valence-corrected chi connectivity index (χ3v) is 5.37. The van der Waals surface area contributed by atoms with Gasteiger partial charge in [-0.2, -0.15) is 26.3 Å². The zero-order valence-electron chi connectivity index (χ0n) is 18.3. The smallest absolute Gasteiger partial charge is 0.416 e. The molecule has 0 amide bonds. The Balaban J connectivity index is 2.29. The number of aromatic nitrogens is 1. The van der Waals surface area contributed by atoms with Crippen LogP contribution in [0, 0.1) is 5.82 Å². The van der Waals surface area contributed by atoms with Crippen LogP contribution in [0.25, 0.3) is 0 Å². The van der Waals surface area contributed by atoms with Gasteiger partial charge in [-0.05, 0) is 35.4 Å². The average Bonchev–Trinajstić information content (AvgIpc) is 2.80. The molecular weight excluding hydrogens is 481 g/mol. The van der Waals surface area contributed by atoms with Crippen LogP contribution in [0.4, 0.5) is 30.7 Å². The Kier molecular flexibility index (Phi) is 7.71. The van der Waals surface area contributed by atoms with Gasteiger partial charge in [0, 0.05) is 19.0 Å². The summed E-state index contributed by atoms with van der Waals surface area (Å²) in [6.07, 6.45) is -13.0. The number of nitrogens with one attached hydrogen (secondary N) is 1. The molecular formula is C24H21F7N2O2. The van der Waals surface area contributed by atoms with Crippen LogP contribution in [-0.4, -0.2) is 36.0 Å². The van der Waals surface area contributed by atoms with Crippen LogP contribution in [0.5, 0.6) is 5.88 Å². The molecule has 1 heterocycles. The van der Waals surface area contributed by atoms with Crippen molar-refractivity contribution in [2.24, 2.45) is 0 Å². The fraction of sp³-hybridized carbons (Fsp3) is 0.292. The van der Waals surface area contributed by atoms with Gasteiger partial charge >= 0.3 is 12.4 Å². The third kappa shape index (κ3) is 6.29. The van der Waals surface area contributed by atoms with Gasteiger partial charge in [0.15, 0.2) is 6.10 Å². The van der Waals surface area contributed by atoms with Gasteiger partial charge < -0.3 is 9.84 Å². The van der Waals surface area contributed by atoms with Crippen LogP contribution in [0.1, 0.15) is 22.4 Å². The van der Waals surface area contributed by atoms with Crippen LogP contribution >= 0.6 is 0 Å². The van der Waals surface area contributed by atoms with E-state index in [1.54, 1.807) is 30.3 Å². The first-order valence-electron chi connectivity index (χ1n) is 10.3. The number of hydrogen-bond donors (Lipinski definition) is 2. The topological polar surface area (TPSA) is 54.4 Å². The molecule has 3 rings (SSSR count). The highest BCUT2D eigenvalue weighted by atomic mass is 19.4. The first-order valence-corrected chi connectivity index (χ1v) is 10.3. The van der Waals surface area contributed by atoms with Crippen LogP contribution in [0.3, 0.4) is 0 Å². The molecule has 0 bridgehead atoms. The SMILES string of the molecule is COc1cccc([C@](Cc2ccccc2)(NCC(O)C(F)(F)F)c2cc(F)cc(C(F)(F)F)c2)n1. The number of ether oxygens (including phenoxy) is 1. The molecule has 1 aromatic heterocycles. The minimum absolute atomic E-state index is 0.0329. The van der Waals surface area contributed by atoms with Gasteiger partial charge in [0.2, 0.25) is 5.88 Å². The fourth-order valence-electron chi connectivity index (χ4n) is 3.65. The first-order chi connectivity index (χ1) is 16.3. The summed E-state index contributed by atoms with van der Waals surface area (Å²) in [6, 6.07) is 14.2. The van der Waals surface area contributed by atoms with E-state index in [0.29, 0.717) is 17.7 Å². The normalized spacial score (nSPS) is 14.9. The van der Waals surface area contributed by atoms with Crippen molar-refractivity contribution in [3.05, 3.63) is 94.9 Å². The molecule has 2 atom stereocenters. The second-order valence-electron chi connectivity index (χ2n) is 7.80. The third-order valence-electron chi connectivity index (χ3n) is 5.37. The molecule has 4 nitrogen and oxygen atoms in total. The van der Waals surface area contributed by atoms with E-state index in [1.807, 2.05) is 0 Å². The van der Waals surface area contributed by atoms with Crippen molar-refractivity contribution in [3.8, 4) is 5.88 Å². The minimum atomic E-state index is -5.01. The summed E-state index contributed by atoms with van der Waals surface area (Å²) in [5, 5.41) is 12.2. The molecule has 188 valence electrons. The molecule has 2 aromatic carbocycles. The lowest BCUT2D eigenvalue weighted by atomic mass is 9.79. The van der Waals surface area contributed by atoms with E-state index in [0.717, 1.165) is 6.07 Å². The van der Waals surface area contributed by atoms with Gasteiger partial charge in [-0.15, -0.1) is 0 Å². The van der Waals surface area contributed by atoms with Gasteiger partial charge in [-0.3, -0.25) is 5.32 Å². The molecule has 0 saturated carbocycles. The lowest BCUT2D eigenvalue weighted by molar-refractivity contribution is -0.202. The Morgan fingerprint density at radius 3 is 2.17 bits per heavy atom. The quantitative estimate of drug-likeness (QED) is 0.414. The fourth-order valence-corrected chi connectivity index (χ4v) is 3.65. The number of pyridine rings is 1. The number of hydrogen-bond acceptors (Lipinski definition) is 4. The first kappa shape index (κ1) is 26.4. The molecule has 0 radical (unpaired) electrons. The second kappa shape index (κ2) is 10.2. The van der Waals surface area contributed by atoms with Gasteiger partial charge in [0.25, 0.3) is 0 Å². The lowest BCUT2D eigenvalue weighted by Crippen LogP contribution is -2.51. The maximum atomic E-state index is 14.5. The zero-order chi connectivity index (χ0) is 25.9. The monoisotopic (exact) mass is 502 g/mol. The Bertz CT molecular complexity index is 1140. The molecule has 11 heteroatoms. The van der Waals surface area contributed by atoms with E-state index in [4.69, 9.17) is 4.74 Å². The van der Waals surface area contributed by atoms with Crippen molar-refractivity contribution in [3.63, 3.8) is 0 Å². The van der Waals surface area contributed by atoms with Crippen molar-refractivity contribution < 1.29 is 40.6 Å². The highest BCUT2D eigenvalue weighted by molar-refractivity contribution is 5.42. The summed E-state index contributed by atoms with van der Waals surface area (Å²) in [7, 11) is 1.29. The Labute approximate surface area is 196 Å². The van der Waals surface area contributed by atoms with Crippen molar-refractivity contribution in [1.82, 2.24) is 10.3 Å². The number of methoxy groups -OCH3 is 1. The molecule has 0 fully saturated rings. The number of aliphatic hydroxyl groups is 1. The van der Waals surface area contributed by atoms with Gasteiger partial charge in [0.1, 0.15) is 5.82 Å². The summed E-state index contributed by atoms with van der Waals surface area (Å²) in [4.78, 5) is 4.25. The van der Waals surface area contributed by atoms with E-state index in [9.17, 15) is 35.8 Å². The molecule has 0 aliphatic rings. The number of alkyl halides is 6. The molecule has 0 saturated heterocycles. The average molecular weight is 502 g/mol. The number of benzene rings is 2. The predicted octanol–water partition coefficient (Wildman–Crippen LogP) is 5.25. The van der Waals surface area contributed by atoms with Crippen molar-refractivity contribution >= 4 is 0 Å². The lowest BCUT2D eigenvalue weighted by Gasteiger charge is -2.37. The maximum absolute atomic E-state index is 14.5. The van der Waals surface area contributed by atoms with Crippen molar-refractivity contribution in [2.45, 2.75) is 30.4 Å². The Morgan fingerprint density at radius 1 is 0.914 bits per heavy atom. The molecule has 1 unspecified atom stereocenters. The largest absolute Gasteiger partial charge is 0.481 e. The van der Waals surface area contributed by atoms with Gasteiger partial charge in [-0.25, -0.2) is 9.37 Å². The molecule has 0 spiro atoms. The highest BCUT2D eigenvalue weighted by Gasteiger charge is 2.43. The van der Waals surface area contributed by atoms with Gasteiger partial charge in [-0.1, -0.05) is 36.4 Å². The van der Waals surface area contributed by atoms with Crippen molar-refractivity contribution in [2.75, 3.05) is 13.7 Å². The van der Waals surface area contributed by atoms with E-state index < -0.39 is 41.9 Å². The van der Waals surface area contributed by atoms with E-state index in [1.165, 1.54) is 25.3 Å². The van der Waals surface area contributed by atoms with E-state index in [2.05, 4.69) is 10.3 Å². The molecule has 2 N–H and O–H groups in total. The summed E-state index contributed by atoms with van der Waals surface area (Å²) >= 11 is 0. The van der Waals surface area contributed by atoms with Crippen LogP contribution < -0.4 is 10.1 Å². The van der Waals surface area contributed by atoms with Crippen molar-refractivity contribution in [1.29, 1.82) is 0 Å². The molecule has 35 heavy (non-hydrogen) atoms. The van der Waals surface area contributed by atoms with Crippen LogP contribution in [0.2, 0.25) is 0 Å². The van der Waals surface area contributed by atoms with Crippen LogP contribution in [0.15, 0.2) is 66.7 Å². The molecule has 0 aliphatic heterocycles.